The fourth-order valence-electron chi connectivity index (χ4n) is 2.92. The zero-order valence-corrected chi connectivity index (χ0v) is 11.3. The number of benzene rings is 2. The van der Waals surface area contributed by atoms with E-state index in [-0.39, 0.29) is 35.4 Å². The maximum absolute atomic E-state index is 12.5. The van der Waals surface area contributed by atoms with Crippen LogP contribution in [0.1, 0.15) is 27.6 Å². The van der Waals surface area contributed by atoms with Crippen LogP contribution in [-0.4, -0.2) is 27.2 Å². The maximum Gasteiger partial charge on any atom is 0.199 e. The summed E-state index contributed by atoms with van der Waals surface area (Å²) < 4.78 is 11.3. The number of rotatable bonds is 0. The zero-order valence-electron chi connectivity index (χ0n) is 11.3. The summed E-state index contributed by atoms with van der Waals surface area (Å²) in [6.45, 7) is 0.0131. The molecule has 0 spiro atoms. The highest BCUT2D eigenvalue weighted by molar-refractivity contribution is 6.03. The molecule has 6 heteroatoms. The Labute approximate surface area is 125 Å². The molecule has 0 fully saturated rings. The van der Waals surface area contributed by atoms with Gasteiger partial charge in [-0.15, -0.1) is 0 Å². The Kier molecular flexibility index (Phi) is 2.58. The van der Waals surface area contributed by atoms with Gasteiger partial charge in [-0.1, -0.05) is 6.07 Å². The number of hydrogen-bond donors (Lipinski definition) is 3. The summed E-state index contributed by atoms with van der Waals surface area (Å²) in [7, 11) is 0. The fourth-order valence-corrected chi connectivity index (χ4v) is 2.92. The molecule has 4 rings (SSSR count). The van der Waals surface area contributed by atoms with Crippen molar-refractivity contribution >= 4 is 5.78 Å². The Morgan fingerprint density at radius 1 is 1.05 bits per heavy atom. The molecule has 0 saturated carbocycles. The summed E-state index contributed by atoms with van der Waals surface area (Å²) >= 11 is 0. The summed E-state index contributed by atoms with van der Waals surface area (Å²) in [6.07, 6.45) is -1.54. The van der Waals surface area contributed by atoms with Crippen molar-refractivity contribution in [2.75, 3.05) is 0 Å². The van der Waals surface area contributed by atoms with Gasteiger partial charge in [0.05, 0.1) is 12.2 Å². The summed E-state index contributed by atoms with van der Waals surface area (Å²) in [5.74, 6) is -0.482. The zero-order chi connectivity index (χ0) is 15.4. The number of carbonyl (C=O) groups excluding carboxylic acids is 1. The largest absolute Gasteiger partial charge is 0.508 e. The number of phenols is 3. The first kappa shape index (κ1) is 13.0. The van der Waals surface area contributed by atoms with Crippen molar-refractivity contribution in [3.63, 3.8) is 0 Å². The minimum atomic E-state index is -0.812. The van der Waals surface area contributed by atoms with Crippen LogP contribution in [0.3, 0.4) is 0 Å². The first-order chi connectivity index (χ1) is 10.6. The van der Waals surface area contributed by atoms with Gasteiger partial charge in [0, 0.05) is 17.2 Å². The number of fused-ring (bicyclic) bond motifs is 4. The average Bonchev–Trinajstić information content (AvgIpc) is 2.50. The van der Waals surface area contributed by atoms with Crippen molar-refractivity contribution < 1.29 is 29.6 Å². The van der Waals surface area contributed by atoms with Crippen LogP contribution in [0.2, 0.25) is 0 Å². The van der Waals surface area contributed by atoms with E-state index in [4.69, 9.17) is 9.47 Å². The maximum atomic E-state index is 12.5. The summed E-state index contributed by atoms with van der Waals surface area (Å²) in [5.41, 5.74) is 1.34. The highest BCUT2D eigenvalue weighted by atomic mass is 16.6. The number of Topliss-reactive ketones (excluding diaryl/α,β-unsaturated/α-hetero) is 1. The Morgan fingerprint density at radius 2 is 1.86 bits per heavy atom. The summed E-state index contributed by atoms with van der Waals surface area (Å²) in [4.78, 5) is 12.5. The van der Waals surface area contributed by atoms with E-state index in [0.717, 1.165) is 0 Å². The molecule has 0 unspecified atom stereocenters. The van der Waals surface area contributed by atoms with Crippen molar-refractivity contribution in [2.45, 2.75) is 18.8 Å². The quantitative estimate of drug-likeness (QED) is 0.644. The van der Waals surface area contributed by atoms with Crippen LogP contribution in [0.4, 0.5) is 0 Å². The van der Waals surface area contributed by atoms with Crippen molar-refractivity contribution in [3.05, 3.63) is 47.0 Å². The van der Waals surface area contributed by atoms with Gasteiger partial charge in [-0.2, -0.15) is 0 Å². The number of ketones is 1. The minimum absolute atomic E-state index is 0.00416. The number of hydrogen-bond acceptors (Lipinski definition) is 6. The van der Waals surface area contributed by atoms with Crippen LogP contribution in [0.15, 0.2) is 30.3 Å². The van der Waals surface area contributed by atoms with Crippen molar-refractivity contribution in [1.29, 1.82) is 0 Å². The van der Waals surface area contributed by atoms with Gasteiger partial charge in [0.15, 0.2) is 29.5 Å². The Morgan fingerprint density at radius 3 is 2.68 bits per heavy atom. The average molecular weight is 300 g/mol. The molecule has 3 N–H and O–H groups in total. The molecule has 22 heavy (non-hydrogen) atoms. The standard InChI is InChI=1S/C16H12O6/c17-7-1-2-9-12(5-7)22-15-8-3-4-11(18)13(19)10(8)6-21-16(15)14(9)20/h1-5,15-19H,6H2/t15-,16-/m1/s1. The van der Waals surface area contributed by atoms with Gasteiger partial charge < -0.3 is 24.8 Å². The number of aromatic hydroxyl groups is 3. The monoisotopic (exact) mass is 300 g/mol. The molecule has 0 aromatic heterocycles. The lowest BCUT2D eigenvalue weighted by Gasteiger charge is -2.37. The van der Waals surface area contributed by atoms with E-state index < -0.39 is 12.2 Å². The van der Waals surface area contributed by atoms with Crippen LogP contribution < -0.4 is 4.74 Å². The van der Waals surface area contributed by atoms with Gasteiger partial charge >= 0.3 is 0 Å². The third-order valence-corrected chi connectivity index (χ3v) is 4.03. The number of ether oxygens (including phenoxy) is 2. The predicted octanol–water partition coefficient (Wildman–Crippen LogP) is 2.02. The van der Waals surface area contributed by atoms with Gasteiger partial charge in [-0.3, -0.25) is 4.79 Å². The smallest absolute Gasteiger partial charge is 0.199 e. The topological polar surface area (TPSA) is 96.2 Å². The van der Waals surface area contributed by atoms with E-state index in [1.54, 1.807) is 6.07 Å². The molecule has 2 aliphatic rings. The minimum Gasteiger partial charge on any atom is -0.508 e. The molecule has 112 valence electrons. The molecule has 2 atom stereocenters. The van der Waals surface area contributed by atoms with E-state index in [0.29, 0.717) is 16.7 Å². The molecule has 6 nitrogen and oxygen atoms in total. The molecule has 2 aliphatic heterocycles. The molecule has 0 bridgehead atoms. The van der Waals surface area contributed by atoms with Crippen LogP contribution in [0, 0.1) is 0 Å². The third-order valence-electron chi connectivity index (χ3n) is 4.03. The second-order valence-electron chi connectivity index (χ2n) is 5.32. The highest BCUT2D eigenvalue weighted by Gasteiger charge is 2.43. The second kappa shape index (κ2) is 4.38. The Bertz CT molecular complexity index is 797. The van der Waals surface area contributed by atoms with Crippen LogP contribution >= 0.6 is 0 Å². The first-order valence-electron chi connectivity index (χ1n) is 6.75. The predicted molar refractivity (Wildman–Crippen MR) is 74.2 cm³/mol. The van der Waals surface area contributed by atoms with Crippen molar-refractivity contribution in [3.8, 4) is 23.0 Å². The van der Waals surface area contributed by atoms with Crippen LogP contribution in [0.25, 0.3) is 0 Å². The van der Waals surface area contributed by atoms with Gasteiger partial charge in [0.2, 0.25) is 0 Å². The highest BCUT2D eigenvalue weighted by Crippen LogP contribution is 2.45. The van der Waals surface area contributed by atoms with Gasteiger partial charge in [-0.05, 0) is 18.2 Å². The molecule has 0 amide bonds. The Hall–Kier alpha value is -2.73. The molecule has 2 aromatic rings. The second-order valence-corrected chi connectivity index (χ2v) is 5.32. The lowest BCUT2D eigenvalue weighted by molar-refractivity contribution is -0.0431. The van der Waals surface area contributed by atoms with E-state index >= 15 is 0 Å². The molecular weight excluding hydrogens is 288 g/mol. The SMILES string of the molecule is O=C1c2ccc(O)cc2O[C@@H]2c3ccc(O)c(O)c3CO[C@H]12. The van der Waals surface area contributed by atoms with Crippen molar-refractivity contribution in [2.24, 2.45) is 0 Å². The van der Waals surface area contributed by atoms with Crippen molar-refractivity contribution in [1.82, 2.24) is 0 Å². The van der Waals surface area contributed by atoms with E-state index in [1.165, 1.54) is 24.3 Å². The molecule has 0 aliphatic carbocycles. The van der Waals surface area contributed by atoms with Gasteiger partial charge in [-0.25, -0.2) is 0 Å². The Balaban J connectivity index is 1.86. The van der Waals surface area contributed by atoms with Gasteiger partial charge in [0.1, 0.15) is 11.5 Å². The lowest BCUT2D eigenvalue weighted by Crippen LogP contribution is -2.41. The summed E-state index contributed by atoms with van der Waals surface area (Å²) in [6, 6.07) is 7.24. The van der Waals surface area contributed by atoms with E-state index in [2.05, 4.69) is 0 Å². The number of phenolic OH excluding ortho intramolecular Hbond substituents is 3. The third kappa shape index (κ3) is 1.67. The van der Waals surface area contributed by atoms with Crippen LogP contribution in [-0.2, 0) is 11.3 Å². The first-order valence-corrected chi connectivity index (χ1v) is 6.75. The number of carbonyl (C=O) groups is 1. The molecule has 0 saturated heterocycles. The molecular formula is C16H12O6. The molecule has 2 aromatic carbocycles. The van der Waals surface area contributed by atoms with Gasteiger partial charge in [0.25, 0.3) is 0 Å². The molecule has 2 heterocycles. The van der Waals surface area contributed by atoms with E-state index in [1.807, 2.05) is 0 Å². The van der Waals surface area contributed by atoms with E-state index in [9.17, 15) is 20.1 Å². The molecule has 0 radical (unpaired) electrons. The lowest BCUT2D eigenvalue weighted by atomic mass is 9.88. The normalized spacial score (nSPS) is 22.3. The summed E-state index contributed by atoms with van der Waals surface area (Å²) in [5, 5.41) is 29.1. The van der Waals surface area contributed by atoms with Crippen LogP contribution in [0.5, 0.6) is 23.0 Å². The fraction of sp³-hybridized carbons (Fsp3) is 0.188.